The molecule has 0 aliphatic carbocycles. The van der Waals surface area contributed by atoms with E-state index < -0.39 is 11.7 Å². The molecule has 0 saturated carbocycles. The summed E-state index contributed by atoms with van der Waals surface area (Å²) in [5, 5.41) is 3.95. The molecule has 8 heteroatoms. The lowest BCUT2D eigenvalue weighted by Crippen LogP contribution is -2.24. The highest BCUT2D eigenvalue weighted by Crippen LogP contribution is 2.32. The lowest BCUT2D eigenvalue weighted by molar-refractivity contribution is -0.137. The van der Waals surface area contributed by atoms with Crippen LogP contribution < -0.4 is 0 Å². The van der Waals surface area contributed by atoms with Gasteiger partial charge >= 0.3 is 6.18 Å². The molecule has 1 atom stereocenters. The first-order valence-electron chi connectivity index (χ1n) is 9.15. The molecule has 4 rings (SSSR count). The monoisotopic (exact) mass is 401 g/mol. The number of carbonyl (C=O) groups excluding carboxylic acids is 1. The highest BCUT2D eigenvalue weighted by atomic mass is 19.4. The fourth-order valence-electron chi connectivity index (χ4n) is 3.41. The number of amides is 1. The zero-order valence-electron chi connectivity index (χ0n) is 15.6. The second-order valence-corrected chi connectivity index (χ2v) is 7.13. The second-order valence-electron chi connectivity index (χ2n) is 7.13. The largest absolute Gasteiger partial charge is 0.416 e. The van der Waals surface area contributed by atoms with Gasteiger partial charge in [-0.2, -0.15) is 18.2 Å². The summed E-state index contributed by atoms with van der Waals surface area (Å²) in [6, 6.07) is 12.4. The van der Waals surface area contributed by atoms with E-state index in [1.807, 2.05) is 31.2 Å². The van der Waals surface area contributed by atoms with E-state index in [0.29, 0.717) is 24.5 Å². The molecule has 1 fully saturated rings. The fraction of sp³-hybridized carbons (Fsp3) is 0.286. The SMILES string of the molecule is Cc1ccccc1CN1CC(c2noc(-c3ccc(C(F)(F)F)cc3)n2)CC1=O. The van der Waals surface area contributed by atoms with E-state index >= 15 is 0 Å². The lowest BCUT2D eigenvalue weighted by Gasteiger charge is -2.17. The van der Waals surface area contributed by atoms with Gasteiger partial charge in [-0.1, -0.05) is 29.4 Å². The summed E-state index contributed by atoms with van der Waals surface area (Å²) < 4.78 is 43.3. The van der Waals surface area contributed by atoms with Crippen LogP contribution in [0.1, 0.15) is 34.9 Å². The summed E-state index contributed by atoms with van der Waals surface area (Å²) in [5.41, 5.74) is 1.86. The average molecular weight is 401 g/mol. The van der Waals surface area contributed by atoms with E-state index in [4.69, 9.17) is 4.52 Å². The summed E-state index contributed by atoms with van der Waals surface area (Å²) in [6.07, 6.45) is -4.12. The topological polar surface area (TPSA) is 59.2 Å². The Morgan fingerprint density at radius 3 is 2.55 bits per heavy atom. The molecule has 1 aliphatic heterocycles. The van der Waals surface area contributed by atoms with Crippen molar-refractivity contribution in [2.24, 2.45) is 0 Å². The third kappa shape index (κ3) is 4.01. The van der Waals surface area contributed by atoms with Gasteiger partial charge in [0.15, 0.2) is 5.82 Å². The Bertz CT molecular complexity index is 1030. The third-order valence-electron chi connectivity index (χ3n) is 5.10. The van der Waals surface area contributed by atoms with Gasteiger partial charge in [-0.05, 0) is 42.3 Å². The molecule has 1 amide bonds. The van der Waals surface area contributed by atoms with Gasteiger partial charge in [0.2, 0.25) is 5.91 Å². The number of alkyl halides is 3. The summed E-state index contributed by atoms with van der Waals surface area (Å²) in [5.74, 6) is 0.330. The molecule has 0 bridgehead atoms. The Balaban J connectivity index is 1.47. The Morgan fingerprint density at radius 1 is 1.14 bits per heavy atom. The molecular formula is C21H18F3N3O2. The standard InChI is InChI=1S/C21H18F3N3O2/c1-13-4-2-3-5-15(13)11-27-12-16(10-18(27)28)19-25-20(29-26-19)14-6-8-17(9-7-14)21(22,23)24/h2-9,16H,10-12H2,1H3. The van der Waals surface area contributed by atoms with Gasteiger partial charge < -0.3 is 9.42 Å². The number of nitrogens with zero attached hydrogens (tertiary/aromatic N) is 3. The van der Waals surface area contributed by atoms with Crippen LogP contribution in [0.5, 0.6) is 0 Å². The number of aryl methyl sites for hydroxylation is 1. The van der Waals surface area contributed by atoms with Gasteiger partial charge in [0, 0.05) is 31.0 Å². The maximum absolute atomic E-state index is 12.7. The zero-order chi connectivity index (χ0) is 20.6. The smallest absolute Gasteiger partial charge is 0.338 e. The van der Waals surface area contributed by atoms with Gasteiger partial charge in [0.05, 0.1) is 5.56 Å². The first-order valence-corrected chi connectivity index (χ1v) is 9.15. The molecule has 5 nitrogen and oxygen atoms in total. The van der Waals surface area contributed by atoms with Crippen LogP contribution >= 0.6 is 0 Å². The van der Waals surface area contributed by atoms with Crippen LogP contribution in [-0.2, 0) is 17.5 Å². The van der Waals surface area contributed by atoms with Crippen LogP contribution in [0.15, 0.2) is 53.1 Å². The van der Waals surface area contributed by atoms with Crippen molar-refractivity contribution in [2.45, 2.75) is 32.0 Å². The molecule has 0 N–H and O–H groups in total. The van der Waals surface area contributed by atoms with Crippen molar-refractivity contribution in [1.29, 1.82) is 0 Å². The molecule has 150 valence electrons. The van der Waals surface area contributed by atoms with Crippen LogP contribution in [0.25, 0.3) is 11.5 Å². The maximum atomic E-state index is 12.7. The molecule has 0 spiro atoms. The number of benzene rings is 2. The predicted molar refractivity (Wildman–Crippen MR) is 98.7 cm³/mol. The minimum atomic E-state index is -4.40. The Hall–Kier alpha value is -3.16. The van der Waals surface area contributed by atoms with Gasteiger partial charge in [0.1, 0.15) is 0 Å². The molecule has 29 heavy (non-hydrogen) atoms. The van der Waals surface area contributed by atoms with Gasteiger partial charge in [0.25, 0.3) is 5.89 Å². The van der Waals surface area contributed by atoms with Crippen molar-refractivity contribution in [3.05, 3.63) is 71.0 Å². The first kappa shape index (κ1) is 19.2. The van der Waals surface area contributed by atoms with Crippen molar-refractivity contribution >= 4 is 5.91 Å². The average Bonchev–Trinajstić information content (AvgIpc) is 3.30. The summed E-state index contributed by atoms with van der Waals surface area (Å²) in [6.45, 7) is 2.99. The summed E-state index contributed by atoms with van der Waals surface area (Å²) in [7, 11) is 0. The molecule has 1 saturated heterocycles. The number of aromatic nitrogens is 2. The first-order chi connectivity index (χ1) is 13.8. The van der Waals surface area contributed by atoms with Crippen LogP contribution in [0.2, 0.25) is 0 Å². The van der Waals surface area contributed by atoms with Crippen LogP contribution in [0.4, 0.5) is 13.2 Å². The van der Waals surface area contributed by atoms with Gasteiger partial charge in [-0.15, -0.1) is 0 Å². The fourth-order valence-corrected chi connectivity index (χ4v) is 3.41. The van der Waals surface area contributed by atoms with Gasteiger partial charge in [-0.25, -0.2) is 0 Å². The van der Waals surface area contributed by atoms with Crippen molar-refractivity contribution < 1.29 is 22.5 Å². The summed E-state index contributed by atoms with van der Waals surface area (Å²) >= 11 is 0. The normalized spacial score (nSPS) is 17.2. The lowest BCUT2D eigenvalue weighted by atomic mass is 10.1. The molecule has 0 radical (unpaired) electrons. The third-order valence-corrected chi connectivity index (χ3v) is 5.10. The maximum Gasteiger partial charge on any atom is 0.416 e. The van der Waals surface area contributed by atoms with Crippen molar-refractivity contribution in [3.63, 3.8) is 0 Å². The molecule has 3 aromatic rings. The number of likely N-dealkylation sites (tertiary alicyclic amines) is 1. The summed E-state index contributed by atoms with van der Waals surface area (Å²) in [4.78, 5) is 18.5. The number of carbonyl (C=O) groups is 1. The van der Waals surface area contributed by atoms with E-state index in [2.05, 4.69) is 10.1 Å². The number of hydrogen-bond donors (Lipinski definition) is 0. The molecule has 1 aromatic heterocycles. The predicted octanol–water partition coefficient (Wildman–Crippen LogP) is 4.58. The van der Waals surface area contributed by atoms with Crippen LogP contribution in [-0.4, -0.2) is 27.5 Å². The Kier molecular flexibility index (Phi) is 4.86. The molecule has 2 aromatic carbocycles. The van der Waals surface area contributed by atoms with Crippen LogP contribution in [0.3, 0.4) is 0 Å². The van der Waals surface area contributed by atoms with E-state index in [0.717, 1.165) is 23.3 Å². The van der Waals surface area contributed by atoms with Crippen molar-refractivity contribution in [1.82, 2.24) is 15.0 Å². The molecule has 2 heterocycles. The quantitative estimate of drug-likeness (QED) is 0.642. The minimum Gasteiger partial charge on any atom is -0.338 e. The van der Waals surface area contributed by atoms with Crippen molar-refractivity contribution in [2.75, 3.05) is 6.54 Å². The highest BCUT2D eigenvalue weighted by molar-refractivity contribution is 5.79. The van der Waals surface area contributed by atoms with E-state index in [-0.39, 0.29) is 24.1 Å². The molecule has 1 aliphatic rings. The van der Waals surface area contributed by atoms with Gasteiger partial charge in [-0.3, -0.25) is 4.79 Å². The zero-order valence-corrected chi connectivity index (χ0v) is 15.6. The van der Waals surface area contributed by atoms with E-state index in [1.54, 1.807) is 4.90 Å². The van der Waals surface area contributed by atoms with E-state index in [1.165, 1.54) is 12.1 Å². The number of hydrogen-bond acceptors (Lipinski definition) is 4. The number of halogens is 3. The highest BCUT2D eigenvalue weighted by Gasteiger charge is 2.34. The van der Waals surface area contributed by atoms with Crippen molar-refractivity contribution in [3.8, 4) is 11.5 Å². The van der Waals surface area contributed by atoms with Crippen LogP contribution in [0, 0.1) is 6.92 Å². The molecule has 1 unspecified atom stereocenters. The second kappa shape index (κ2) is 7.35. The van der Waals surface area contributed by atoms with E-state index in [9.17, 15) is 18.0 Å². The Morgan fingerprint density at radius 2 is 1.86 bits per heavy atom. The Labute approximate surface area is 165 Å². The minimum absolute atomic E-state index is 0.0131. The molecular weight excluding hydrogens is 383 g/mol. The number of rotatable bonds is 4.